The molecule has 0 aromatic rings. The van der Waals surface area contributed by atoms with Crippen molar-refractivity contribution in [3.8, 4) is 0 Å². The Morgan fingerprint density at radius 1 is 1.08 bits per heavy atom. The summed E-state index contributed by atoms with van der Waals surface area (Å²) in [6.45, 7) is 0. The van der Waals surface area contributed by atoms with E-state index in [9.17, 15) is 35.3 Å². The van der Waals surface area contributed by atoms with Gasteiger partial charge in [0.1, 0.15) is 0 Å². The Kier molecular flexibility index (Phi) is 3.30. The van der Waals surface area contributed by atoms with E-state index in [1.54, 1.807) is 0 Å². The van der Waals surface area contributed by atoms with Gasteiger partial charge in [0.05, 0.1) is 0 Å². The minimum absolute atomic E-state index is 2.56. The first kappa shape index (κ1) is 12.2. The van der Waals surface area contributed by atoms with Gasteiger partial charge < -0.3 is 4.18 Å². The Labute approximate surface area is 69.3 Å². The largest absolute Gasteiger partial charge is 0.508 e. The molecule has 3 nitrogen and oxygen atoms in total. The molecule has 78 valence electrons. The molecule has 1 unspecified atom stereocenters. The number of hydrogen-bond donors (Lipinski definition) is 0. The first-order chi connectivity index (χ1) is 5.55. The number of alkyl halides is 6. The van der Waals surface area contributed by atoms with Crippen LogP contribution in [0.1, 0.15) is 0 Å². The Morgan fingerprint density at radius 3 is 1.69 bits per heavy atom. The van der Waals surface area contributed by atoms with Crippen LogP contribution in [-0.2, 0) is 20.1 Å². The predicted molar refractivity (Wildman–Crippen MR) is 26.3 cm³/mol. The van der Waals surface area contributed by atoms with Gasteiger partial charge >= 0.3 is 28.7 Å². The van der Waals surface area contributed by atoms with E-state index in [1.807, 2.05) is 0 Å². The molecule has 0 amide bonds. The second-order valence-electron chi connectivity index (χ2n) is 1.55. The summed E-state index contributed by atoms with van der Waals surface area (Å²) in [6.07, 6.45) is -5.60. The second kappa shape index (κ2) is 3.52. The highest BCUT2D eigenvalue weighted by molar-refractivity contribution is 7.81. The molecule has 0 aliphatic rings. The van der Waals surface area contributed by atoms with Gasteiger partial charge in [0.15, 0.2) is 0 Å². The maximum Gasteiger partial charge on any atom is 0.508 e. The minimum Gasteiger partial charge on any atom is -0.350 e. The molecule has 0 rings (SSSR count). The van der Waals surface area contributed by atoms with Gasteiger partial charge in [0, 0.05) is 0 Å². The first-order valence-electron chi connectivity index (χ1n) is 2.33. The summed E-state index contributed by atoms with van der Waals surface area (Å²) >= 11 is -4.28. The zero-order valence-electron chi connectivity index (χ0n) is 5.40. The van der Waals surface area contributed by atoms with Crippen LogP contribution in [0.15, 0.2) is 0 Å². The maximum atomic E-state index is 11.3. The third kappa shape index (κ3) is 4.10. The van der Waals surface area contributed by atoms with E-state index in [4.69, 9.17) is 0 Å². The third-order valence-corrected chi connectivity index (χ3v) is 1.25. The van der Waals surface area contributed by atoms with E-state index in [0.717, 1.165) is 0 Å². The zero-order chi connectivity index (χ0) is 10.9. The van der Waals surface area contributed by atoms with Gasteiger partial charge in [-0.15, -0.1) is 0 Å². The normalized spacial score (nSPS) is 15.2. The van der Waals surface area contributed by atoms with Crippen LogP contribution in [-0.4, -0.2) is 21.9 Å². The van der Waals surface area contributed by atoms with Crippen LogP contribution >= 0.6 is 0 Å². The summed E-state index contributed by atoms with van der Waals surface area (Å²) in [5.41, 5.74) is -5.51. The SMILES string of the molecule is O=C(OS(=O)C(F)(F)F)C(F)(F)F. The van der Waals surface area contributed by atoms with Gasteiger partial charge in [0.25, 0.3) is 0 Å². The van der Waals surface area contributed by atoms with E-state index in [1.165, 1.54) is 0 Å². The smallest absolute Gasteiger partial charge is 0.350 e. The molecule has 0 bridgehead atoms. The van der Waals surface area contributed by atoms with Gasteiger partial charge in [-0.3, -0.25) is 0 Å². The number of halogens is 6. The van der Waals surface area contributed by atoms with Crippen LogP contribution in [0.3, 0.4) is 0 Å². The monoisotopic (exact) mass is 230 g/mol. The predicted octanol–water partition coefficient (Wildman–Crippen LogP) is 1.28. The van der Waals surface area contributed by atoms with Crippen LogP contribution in [0.2, 0.25) is 0 Å². The van der Waals surface area contributed by atoms with Gasteiger partial charge in [0.2, 0.25) is 0 Å². The molecular weight excluding hydrogens is 230 g/mol. The van der Waals surface area contributed by atoms with Crippen LogP contribution < -0.4 is 0 Å². The number of rotatable bonds is 1. The molecule has 13 heavy (non-hydrogen) atoms. The quantitative estimate of drug-likeness (QED) is 0.637. The van der Waals surface area contributed by atoms with Gasteiger partial charge in [-0.05, 0) is 0 Å². The van der Waals surface area contributed by atoms with Crippen molar-refractivity contribution in [2.24, 2.45) is 0 Å². The topological polar surface area (TPSA) is 43.4 Å². The van der Waals surface area contributed by atoms with Crippen molar-refractivity contribution in [2.75, 3.05) is 0 Å². The zero-order valence-corrected chi connectivity index (χ0v) is 6.22. The molecule has 0 aliphatic heterocycles. The maximum absolute atomic E-state index is 11.3. The lowest BCUT2D eigenvalue weighted by atomic mass is 10.7. The highest BCUT2D eigenvalue weighted by Gasteiger charge is 2.48. The van der Waals surface area contributed by atoms with Crippen LogP contribution in [0.25, 0.3) is 0 Å². The molecule has 0 N–H and O–H groups in total. The van der Waals surface area contributed by atoms with Gasteiger partial charge in [-0.2, -0.15) is 26.3 Å². The molecule has 0 aromatic heterocycles. The van der Waals surface area contributed by atoms with Crippen molar-refractivity contribution in [3.63, 3.8) is 0 Å². The fourth-order valence-electron chi connectivity index (χ4n) is 0.163. The van der Waals surface area contributed by atoms with E-state index in [-0.39, 0.29) is 0 Å². The van der Waals surface area contributed by atoms with Crippen molar-refractivity contribution >= 4 is 17.0 Å². The van der Waals surface area contributed by atoms with Crippen LogP contribution in [0.4, 0.5) is 26.3 Å². The third-order valence-electron chi connectivity index (χ3n) is 0.572. The van der Waals surface area contributed by atoms with Crippen molar-refractivity contribution in [2.45, 2.75) is 11.7 Å². The molecule has 0 heterocycles. The standard InChI is InChI=1S/C3F6O3S/c4-2(5,6)1(10)12-13(11)3(7,8)9. The van der Waals surface area contributed by atoms with E-state index >= 15 is 0 Å². The molecule has 0 saturated carbocycles. The molecule has 1 atom stereocenters. The van der Waals surface area contributed by atoms with Crippen molar-refractivity contribution in [3.05, 3.63) is 0 Å². The first-order valence-corrected chi connectivity index (χ1v) is 3.40. The molecule has 0 spiro atoms. The molecule has 0 fully saturated rings. The lowest BCUT2D eigenvalue weighted by molar-refractivity contribution is -0.190. The van der Waals surface area contributed by atoms with Crippen molar-refractivity contribution < 1.29 is 39.5 Å². The summed E-state index contributed by atoms with van der Waals surface area (Å²) < 4.78 is 79.8. The van der Waals surface area contributed by atoms with Crippen molar-refractivity contribution in [1.29, 1.82) is 0 Å². The molecule has 0 aliphatic carbocycles. The summed E-state index contributed by atoms with van der Waals surface area (Å²) in [5.74, 6) is -3.15. The number of hydrogen-bond acceptors (Lipinski definition) is 3. The Morgan fingerprint density at radius 2 is 1.46 bits per heavy atom. The molecule has 0 aromatic carbocycles. The average Bonchev–Trinajstić information content (AvgIpc) is 1.82. The van der Waals surface area contributed by atoms with Gasteiger partial charge in [-0.25, -0.2) is 9.00 Å². The van der Waals surface area contributed by atoms with E-state index < -0.39 is 28.7 Å². The summed E-state index contributed by atoms with van der Waals surface area (Å²) in [7, 11) is 0. The molecule has 0 saturated heterocycles. The summed E-state index contributed by atoms with van der Waals surface area (Å²) in [6, 6.07) is 0. The minimum atomic E-state index is -5.60. The Hall–Kier alpha value is -0.800. The Bertz CT molecular complexity index is 204. The Balaban J connectivity index is 4.34. The van der Waals surface area contributed by atoms with Crippen molar-refractivity contribution in [1.82, 2.24) is 0 Å². The fourth-order valence-corrected chi connectivity index (χ4v) is 0.490. The lowest BCUT2D eigenvalue weighted by Gasteiger charge is -2.07. The fraction of sp³-hybridized carbons (Fsp3) is 0.667. The van der Waals surface area contributed by atoms with E-state index in [0.29, 0.717) is 0 Å². The van der Waals surface area contributed by atoms with E-state index in [2.05, 4.69) is 4.18 Å². The second-order valence-corrected chi connectivity index (χ2v) is 2.65. The highest BCUT2D eigenvalue weighted by Crippen LogP contribution is 2.24. The summed E-state index contributed by atoms with van der Waals surface area (Å²) in [4.78, 5) is 9.68. The highest BCUT2D eigenvalue weighted by atomic mass is 32.2. The lowest BCUT2D eigenvalue weighted by Crippen LogP contribution is -2.30. The molecule has 10 heteroatoms. The molecular formula is C3F6O3S. The number of carbonyl (C=O) groups is 1. The van der Waals surface area contributed by atoms with Crippen LogP contribution in [0, 0.1) is 0 Å². The average molecular weight is 230 g/mol. The van der Waals surface area contributed by atoms with Crippen LogP contribution in [0.5, 0.6) is 0 Å². The molecule has 0 radical (unpaired) electrons. The van der Waals surface area contributed by atoms with Gasteiger partial charge in [-0.1, -0.05) is 0 Å². The number of carbonyl (C=O) groups excluding carboxylic acids is 1. The summed E-state index contributed by atoms with van der Waals surface area (Å²) in [5, 5.41) is 0.